The molecular weight excluding hydrogens is 242 g/mol. The first-order valence-electron chi connectivity index (χ1n) is 5.46. The van der Waals surface area contributed by atoms with Gasteiger partial charge in [-0.25, -0.2) is 8.78 Å². The van der Waals surface area contributed by atoms with Crippen molar-refractivity contribution in [2.45, 2.75) is 44.1 Å². The van der Waals surface area contributed by atoms with Crippen molar-refractivity contribution in [1.82, 2.24) is 5.32 Å². The minimum atomic E-state index is -4.65. The second-order valence-corrected chi connectivity index (χ2v) is 4.32. The van der Waals surface area contributed by atoms with Crippen LogP contribution in [0.4, 0.5) is 17.6 Å². The molecule has 0 saturated heterocycles. The van der Waals surface area contributed by atoms with Crippen LogP contribution in [0.1, 0.15) is 25.7 Å². The normalized spacial score (nSPS) is 26.0. The molecule has 0 aromatic rings. The lowest BCUT2D eigenvalue weighted by atomic mass is 9.87. The van der Waals surface area contributed by atoms with Gasteiger partial charge in [-0.1, -0.05) is 6.42 Å². The Morgan fingerprint density at radius 1 is 1.41 bits per heavy atom. The van der Waals surface area contributed by atoms with Gasteiger partial charge in [0.25, 0.3) is 5.91 Å². The summed E-state index contributed by atoms with van der Waals surface area (Å²) in [6.07, 6.45) is -2.01. The molecule has 7 heteroatoms. The minimum absolute atomic E-state index is 0.0990. The highest BCUT2D eigenvalue weighted by Crippen LogP contribution is 2.25. The van der Waals surface area contributed by atoms with E-state index in [0.717, 1.165) is 6.42 Å². The van der Waals surface area contributed by atoms with E-state index in [1.807, 2.05) is 5.32 Å². The smallest absolute Gasteiger partial charge is 0.383 e. The van der Waals surface area contributed by atoms with Gasteiger partial charge in [-0.2, -0.15) is 8.78 Å². The van der Waals surface area contributed by atoms with Gasteiger partial charge in [-0.3, -0.25) is 4.79 Å². The first-order valence-corrected chi connectivity index (χ1v) is 5.46. The highest BCUT2D eigenvalue weighted by Gasteiger charge is 2.48. The molecule has 1 saturated carbocycles. The van der Waals surface area contributed by atoms with E-state index in [1.165, 1.54) is 0 Å². The molecule has 1 amide bonds. The fraction of sp³-hybridized carbons (Fsp3) is 0.900. The minimum Gasteiger partial charge on any atom is -0.393 e. The molecule has 2 atom stereocenters. The topological polar surface area (TPSA) is 49.3 Å². The van der Waals surface area contributed by atoms with Gasteiger partial charge >= 0.3 is 12.3 Å². The fourth-order valence-corrected chi connectivity index (χ4v) is 1.90. The van der Waals surface area contributed by atoms with Gasteiger partial charge in [-0.05, 0) is 25.2 Å². The number of amides is 1. The van der Waals surface area contributed by atoms with Crippen LogP contribution in [0.25, 0.3) is 0 Å². The van der Waals surface area contributed by atoms with Gasteiger partial charge in [0.1, 0.15) is 0 Å². The Labute approximate surface area is 96.2 Å². The van der Waals surface area contributed by atoms with Crippen LogP contribution in [0.3, 0.4) is 0 Å². The summed E-state index contributed by atoms with van der Waals surface area (Å²) in [6, 6.07) is 0. The average molecular weight is 257 g/mol. The van der Waals surface area contributed by atoms with E-state index in [4.69, 9.17) is 0 Å². The Morgan fingerprint density at radius 3 is 2.59 bits per heavy atom. The van der Waals surface area contributed by atoms with Crippen LogP contribution in [0.15, 0.2) is 0 Å². The van der Waals surface area contributed by atoms with E-state index in [-0.39, 0.29) is 12.5 Å². The summed E-state index contributed by atoms with van der Waals surface area (Å²) in [4.78, 5) is 10.8. The Bertz CT molecular complexity index is 273. The molecular formula is C10H15F4NO2. The lowest BCUT2D eigenvalue weighted by Crippen LogP contribution is -2.47. The Hall–Kier alpha value is -0.850. The van der Waals surface area contributed by atoms with Crippen molar-refractivity contribution in [3.05, 3.63) is 0 Å². The molecule has 0 aromatic heterocycles. The van der Waals surface area contributed by atoms with Crippen LogP contribution < -0.4 is 5.32 Å². The average Bonchev–Trinajstić information content (AvgIpc) is 2.25. The molecule has 1 aliphatic carbocycles. The lowest BCUT2D eigenvalue weighted by molar-refractivity contribution is -0.169. The zero-order valence-corrected chi connectivity index (χ0v) is 9.13. The molecule has 0 heterocycles. The maximum Gasteiger partial charge on any atom is 0.383 e. The summed E-state index contributed by atoms with van der Waals surface area (Å²) in [5.41, 5.74) is 0. The molecule has 2 N–H and O–H groups in total. The summed E-state index contributed by atoms with van der Waals surface area (Å²) in [6.45, 7) is -0.0990. The van der Waals surface area contributed by atoms with Crippen LogP contribution in [0.2, 0.25) is 0 Å². The number of hydrogen-bond acceptors (Lipinski definition) is 2. The first-order chi connectivity index (χ1) is 7.84. The van der Waals surface area contributed by atoms with Gasteiger partial charge in [0.05, 0.1) is 6.10 Å². The third-order valence-corrected chi connectivity index (χ3v) is 2.88. The maximum atomic E-state index is 12.6. The number of aliphatic hydroxyl groups excluding tert-OH is 1. The van der Waals surface area contributed by atoms with E-state index >= 15 is 0 Å². The van der Waals surface area contributed by atoms with Crippen molar-refractivity contribution < 1.29 is 27.5 Å². The number of alkyl halides is 4. The molecule has 1 rings (SSSR count). The van der Waals surface area contributed by atoms with Gasteiger partial charge in [0.2, 0.25) is 0 Å². The van der Waals surface area contributed by atoms with Crippen molar-refractivity contribution in [3.63, 3.8) is 0 Å². The standard InChI is InChI=1S/C10H15F4NO2/c11-8(12)10(13,14)9(17)15-5-6-2-1-3-7(16)4-6/h6-8,16H,1-5H2,(H,15,17). The summed E-state index contributed by atoms with van der Waals surface area (Å²) in [5, 5.41) is 11.1. The number of hydrogen-bond donors (Lipinski definition) is 2. The largest absolute Gasteiger partial charge is 0.393 e. The molecule has 0 bridgehead atoms. The number of carbonyl (C=O) groups excluding carboxylic acids is 1. The van der Waals surface area contributed by atoms with Gasteiger partial charge in [0, 0.05) is 6.54 Å². The number of nitrogens with one attached hydrogen (secondary N) is 1. The summed E-state index contributed by atoms with van der Waals surface area (Å²) < 4.78 is 48.8. The van der Waals surface area contributed by atoms with Gasteiger partial charge in [-0.15, -0.1) is 0 Å². The molecule has 0 radical (unpaired) electrons. The van der Waals surface area contributed by atoms with Crippen molar-refractivity contribution in [1.29, 1.82) is 0 Å². The predicted molar refractivity (Wildman–Crippen MR) is 51.9 cm³/mol. The Balaban J connectivity index is 2.37. The fourth-order valence-electron chi connectivity index (χ4n) is 1.90. The maximum absolute atomic E-state index is 12.6. The van der Waals surface area contributed by atoms with Crippen molar-refractivity contribution >= 4 is 5.91 Å². The summed E-state index contributed by atoms with van der Waals surface area (Å²) in [5.74, 6) is -6.73. The van der Waals surface area contributed by atoms with Crippen LogP contribution >= 0.6 is 0 Å². The third-order valence-electron chi connectivity index (χ3n) is 2.88. The van der Waals surface area contributed by atoms with E-state index in [9.17, 15) is 27.5 Å². The highest BCUT2D eigenvalue weighted by atomic mass is 19.3. The molecule has 17 heavy (non-hydrogen) atoms. The second-order valence-electron chi connectivity index (χ2n) is 4.32. The first kappa shape index (κ1) is 14.2. The molecule has 1 aliphatic rings. The zero-order chi connectivity index (χ0) is 13.1. The quantitative estimate of drug-likeness (QED) is 0.751. The van der Waals surface area contributed by atoms with E-state index in [1.54, 1.807) is 0 Å². The van der Waals surface area contributed by atoms with E-state index < -0.39 is 24.4 Å². The number of carbonyl (C=O) groups is 1. The number of aliphatic hydroxyl groups is 1. The van der Waals surface area contributed by atoms with Crippen LogP contribution in [-0.4, -0.2) is 36.0 Å². The van der Waals surface area contributed by atoms with Gasteiger partial charge < -0.3 is 10.4 Å². The molecule has 100 valence electrons. The predicted octanol–water partition coefficient (Wildman–Crippen LogP) is 1.55. The number of rotatable bonds is 4. The molecule has 0 aliphatic heterocycles. The van der Waals surface area contributed by atoms with Crippen LogP contribution in [0, 0.1) is 5.92 Å². The van der Waals surface area contributed by atoms with Crippen LogP contribution in [-0.2, 0) is 4.79 Å². The monoisotopic (exact) mass is 257 g/mol. The molecule has 2 unspecified atom stereocenters. The Morgan fingerprint density at radius 2 is 2.06 bits per heavy atom. The zero-order valence-electron chi connectivity index (χ0n) is 9.13. The van der Waals surface area contributed by atoms with Crippen molar-refractivity contribution in [2.75, 3.05) is 6.54 Å². The van der Waals surface area contributed by atoms with E-state index in [2.05, 4.69) is 0 Å². The number of halogens is 4. The lowest BCUT2D eigenvalue weighted by Gasteiger charge is -2.26. The second kappa shape index (κ2) is 5.66. The highest BCUT2D eigenvalue weighted by molar-refractivity contribution is 5.83. The van der Waals surface area contributed by atoms with Gasteiger partial charge in [0.15, 0.2) is 0 Å². The van der Waals surface area contributed by atoms with E-state index in [0.29, 0.717) is 19.3 Å². The summed E-state index contributed by atoms with van der Waals surface area (Å²) in [7, 11) is 0. The van der Waals surface area contributed by atoms with Crippen molar-refractivity contribution in [2.24, 2.45) is 5.92 Å². The molecule has 0 spiro atoms. The summed E-state index contributed by atoms with van der Waals surface area (Å²) >= 11 is 0. The Kier molecular flexibility index (Phi) is 4.73. The van der Waals surface area contributed by atoms with Crippen molar-refractivity contribution in [3.8, 4) is 0 Å². The SMILES string of the molecule is O=C(NCC1CCCC(O)C1)C(F)(F)C(F)F. The molecule has 1 fully saturated rings. The third kappa shape index (κ3) is 3.83. The molecule has 0 aromatic carbocycles. The molecule has 3 nitrogen and oxygen atoms in total. The van der Waals surface area contributed by atoms with Crippen LogP contribution in [0.5, 0.6) is 0 Å².